The van der Waals surface area contributed by atoms with Crippen molar-refractivity contribution >= 4 is 23.3 Å². The summed E-state index contributed by atoms with van der Waals surface area (Å²) in [5, 5.41) is -0.487. The van der Waals surface area contributed by atoms with Gasteiger partial charge in [-0.1, -0.05) is 24.4 Å². The number of aromatic nitrogens is 1. The molecule has 0 amide bonds. The topological polar surface area (TPSA) is 42.4 Å². The average molecular weight is 421 g/mol. The zero-order chi connectivity index (χ0) is 20.5. The van der Waals surface area contributed by atoms with Crippen molar-refractivity contribution in [1.82, 2.24) is 4.98 Å². The van der Waals surface area contributed by atoms with Gasteiger partial charge in [-0.2, -0.15) is 0 Å². The Kier molecular flexibility index (Phi) is 5.72. The maximum atomic E-state index is 14.0. The van der Waals surface area contributed by atoms with Crippen molar-refractivity contribution in [3.63, 3.8) is 0 Å². The minimum absolute atomic E-state index is 0.166. The molecule has 2 aliphatic rings. The first-order valence-corrected chi connectivity index (χ1v) is 10.4. The third kappa shape index (κ3) is 3.95. The van der Waals surface area contributed by atoms with Gasteiger partial charge in [-0.3, -0.25) is 0 Å². The number of fused-ring (bicyclic) bond motifs is 1. The first kappa shape index (κ1) is 20.1. The fourth-order valence-electron chi connectivity index (χ4n) is 4.58. The van der Waals surface area contributed by atoms with Gasteiger partial charge in [0.25, 0.3) is 0 Å². The first-order chi connectivity index (χ1) is 14.0. The largest absolute Gasteiger partial charge is 0.461 e. The lowest BCUT2D eigenvalue weighted by atomic mass is 9.80. The van der Waals surface area contributed by atoms with Crippen LogP contribution >= 0.6 is 11.6 Å². The SMILES string of the molecule is CCOC(=O)c1cc2c(cn1)CN(c1cc(F)c(Cl)c(F)c1)CC2C1CCCC1. The van der Waals surface area contributed by atoms with Crippen LogP contribution in [-0.4, -0.2) is 24.1 Å². The predicted molar refractivity (Wildman–Crippen MR) is 107 cm³/mol. The standard InChI is InChI=1S/C22H23ClF2N2O2/c1-2-29-22(28)20-9-16-14(10-26-20)11-27(12-17(16)13-5-3-4-6-13)15-7-18(24)21(23)19(25)8-15/h7-10,13,17H,2-6,11-12H2,1H3. The van der Waals surface area contributed by atoms with Gasteiger partial charge in [0, 0.05) is 30.9 Å². The summed E-state index contributed by atoms with van der Waals surface area (Å²) < 4.78 is 33.2. The number of ether oxygens (including phenoxy) is 1. The highest BCUT2D eigenvalue weighted by Crippen LogP contribution is 2.43. The Morgan fingerprint density at radius 2 is 1.93 bits per heavy atom. The molecule has 0 saturated heterocycles. The van der Waals surface area contributed by atoms with E-state index in [9.17, 15) is 13.6 Å². The summed E-state index contributed by atoms with van der Waals surface area (Å²) in [4.78, 5) is 18.4. The Bertz CT molecular complexity index is 908. The van der Waals surface area contributed by atoms with E-state index in [0.29, 0.717) is 37.0 Å². The van der Waals surface area contributed by atoms with E-state index >= 15 is 0 Å². The molecular weight excluding hydrogens is 398 g/mol. The molecule has 2 aromatic rings. The smallest absolute Gasteiger partial charge is 0.356 e. The second-order valence-corrected chi connectivity index (χ2v) is 8.12. The lowest BCUT2D eigenvalue weighted by Gasteiger charge is -2.39. The number of benzene rings is 1. The Hall–Kier alpha value is -2.21. The highest BCUT2D eigenvalue weighted by Gasteiger charge is 2.34. The summed E-state index contributed by atoms with van der Waals surface area (Å²) in [5.74, 6) is -1.32. The maximum absolute atomic E-state index is 14.0. The van der Waals surface area contributed by atoms with Gasteiger partial charge in [-0.05, 0) is 55.0 Å². The number of esters is 1. The van der Waals surface area contributed by atoms with Crippen LogP contribution in [0.3, 0.4) is 0 Å². The number of carbonyl (C=O) groups excluding carboxylic acids is 1. The van der Waals surface area contributed by atoms with E-state index < -0.39 is 22.6 Å². The van der Waals surface area contributed by atoms with E-state index in [-0.39, 0.29) is 5.92 Å². The molecule has 29 heavy (non-hydrogen) atoms. The number of carbonyl (C=O) groups is 1. The van der Waals surface area contributed by atoms with Gasteiger partial charge < -0.3 is 9.64 Å². The summed E-state index contributed by atoms with van der Waals surface area (Å²) in [7, 11) is 0. The molecule has 1 aliphatic heterocycles. The van der Waals surface area contributed by atoms with Gasteiger partial charge in [0.2, 0.25) is 0 Å². The second kappa shape index (κ2) is 8.27. The molecule has 4 nitrogen and oxygen atoms in total. The van der Waals surface area contributed by atoms with Crippen LogP contribution < -0.4 is 4.90 Å². The molecule has 0 radical (unpaired) electrons. The van der Waals surface area contributed by atoms with Crippen LogP contribution in [0.25, 0.3) is 0 Å². The van der Waals surface area contributed by atoms with Crippen molar-refractivity contribution in [1.29, 1.82) is 0 Å². The Morgan fingerprint density at radius 3 is 2.59 bits per heavy atom. The van der Waals surface area contributed by atoms with Gasteiger partial charge in [0.15, 0.2) is 0 Å². The van der Waals surface area contributed by atoms with Crippen LogP contribution in [0.4, 0.5) is 14.5 Å². The van der Waals surface area contributed by atoms with Gasteiger partial charge in [-0.25, -0.2) is 18.6 Å². The van der Waals surface area contributed by atoms with Gasteiger partial charge in [0.1, 0.15) is 22.4 Å². The quantitative estimate of drug-likeness (QED) is 0.485. The van der Waals surface area contributed by atoms with E-state index in [4.69, 9.17) is 16.3 Å². The molecule has 1 atom stereocenters. The molecule has 0 spiro atoms. The molecule has 4 rings (SSSR count). The lowest BCUT2D eigenvalue weighted by Crippen LogP contribution is -2.36. The molecule has 7 heteroatoms. The number of hydrogen-bond acceptors (Lipinski definition) is 4. The zero-order valence-electron chi connectivity index (χ0n) is 16.3. The predicted octanol–water partition coefficient (Wildman–Crippen LogP) is 5.48. The van der Waals surface area contributed by atoms with E-state index in [1.54, 1.807) is 13.1 Å². The van der Waals surface area contributed by atoms with Crippen LogP contribution in [0.5, 0.6) is 0 Å². The third-order valence-corrected chi connectivity index (χ3v) is 6.35. The van der Waals surface area contributed by atoms with Gasteiger partial charge in [-0.15, -0.1) is 0 Å². The molecule has 154 valence electrons. The van der Waals surface area contributed by atoms with E-state index in [2.05, 4.69) is 4.98 Å². The maximum Gasteiger partial charge on any atom is 0.356 e. The molecule has 1 aromatic carbocycles. The summed E-state index contributed by atoms with van der Waals surface area (Å²) in [6.07, 6.45) is 6.27. The molecule has 0 bridgehead atoms. The normalized spacial score (nSPS) is 19.3. The summed E-state index contributed by atoms with van der Waals surface area (Å²) >= 11 is 5.65. The number of nitrogens with zero attached hydrogens (tertiary/aromatic N) is 2. The number of halogens is 3. The fourth-order valence-corrected chi connectivity index (χ4v) is 4.69. The highest BCUT2D eigenvalue weighted by molar-refractivity contribution is 6.31. The number of anilines is 1. The molecule has 0 N–H and O–H groups in total. The van der Waals surface area contributed by atoms with Crippen molar-refractivity contribution in [2.75, 3.05) is 18.1 Å². The van der Waals surface area contributed by atoms with Crippen LogP contribution in [-0.2, 0) is 11.3 Å². The van der Waals surface area contributed by atoms with Gasteiger partial charge >= 0.3 is 5.97 Å². The second-order valence-electron chi connectivity index (χ2n) is 7.74. The Labute approximate surface area is 173 Å². The summed E-state index contributed by atoms with van der Waals surface area (Å²) in [5.41, 5.74) is 2.84. The third-order valence-electron chi connectivity index (χ3n) is 5.99. The van der Waals surface area contributed by atoms with Crippen molar-refractivity contribution in [3.05, 3.63) is 57.9 Å². The van der Waals surface area contributed by atoms with Crippen LogP contribution in [0, 0.1) is 17.6 Å². The number of rotatable bonds is 4. The van der Waals surface area contributed by atoms with Crippen molar-refractivity contribution in [2.45, 2.75) is 45.1 Å². The van der Waals surface area contributed by atoms with Crippen LogP contribution in [0.1, 0.15) is 60.1 Å². The number of pyridine rings is 1. The number of hydrogen-bond donors (Lipinski definition) is 0. The summed E-state index contributed by atoms with van der Waals surface area (Å²) in [6, 6.07) is 4.40. The van der Waals surface area contributed by atoms with E-state index in [0.717, 1.165) is 24.0 Å². The van der Waals surface area contributed by atoms with Crippen molar-refractivity contribution < 1.29 is 18.3 Å². The van der Waals surface area contributed by atoms with Crippen molar-refractivity contribution in [2.24, 2.45) is 5.92 Å². The molecule has 1 aromatic heterocycles. The van der Waals surface area contributed by atoms with Gasteiger partial charge in [0.05, 0.1) is 6.61 Å². The minimum atomic E-state index is -0.763. The molecule has 2 heterocycles. The van der Waals surface area contributed by atoms with Crippen molar-refractivity contribution in [3.8, 4) is 0 Å². The average Bonchev–Trinajstić information content (AvgIpc) is 3.25. The Balaban J connectivity index is 1.71. The van der Waals surface area contributed by atoms with E-state index in [1.165, 1.54) is 25.0 Å². The Morgan fingerprint density at radius 1 is 1.24 bits per heavy atom. The fraction of sp³-hybridized carbons (Fsp3) is 0.455. The molecule has 1 saturated carbocycles. The first-order valence-electron chi connectivity index (χ1n) is 10.0. The van der Waals surface area contributed by atoms with Crippen LogP contribution in [0.15, 0.2) is 24.4 Å². The van der Waals surface area contributed by atoms with Crippen LogP contribution in [0.2, 0.25) is 5.02 Å². The van der Waals surface area contributed by atoms with E-state index in [1.807, 2.05) is 11.0 Å². The molecule has 1 fully saturated rings. The molecular formula is C22H23ClF2N2O2. The molecule has 1 unspecified atom stereocenters. The highest BCUT2D eigenvalue weighted by atomic mass is 35.5. The lowest BCUT2D eigenvalue weighted by molar-refractivity contribution is 0.0519. The molecule has 1 aliphatic carbocycles. The minimum Gasteiger partial charge on any atom is -0.461 e. The zero-order valence-corrected chi connectivity index (χ0v) is 17.0. The monoisotopic (exact) mass is 420 g/mol. The summed E-state index contributed by atoms with van der Waals surface area (Å²) in [6.45, 7) is 3.16.